The van der Waals surface area contributed by atoms with Crippen LogP contribution in [0.5, 0.6) is 0 Å². The lowest BCUT2D eigenvalue weighted by Gasteiger charge is -2.47. The number of hydrogen-bond donors (Lipinski definition) is 1. The summed E-state index contributed by atoms with van der Waals surface area (Å²) in [5.41, 5.74) is 0. The largest absolute Gasteiger partial charge is 0.300 e. The van der Waals surface area contributed by atoms with E-state index in [0.717, 1.165) is 12.8 Å². The van der Waals surface area contributed by atoms with E-state index in [-0.39, 0.29) is 6.04 Å². The minimum absolute atomic E-state index is 0.0757. The minimum atomic E-state index is -3.38. The normalized spacial score (nSPS) is 31.1. The third-order valence-electron chi connectivity index (χ3n) is 4.72. The Morgan fingerprint density at radius 3 is 2.30 bits per heavy atom. The summed E-state index contributed by atoms with van der Waals surface area (Å²) in [6, 6.07) is 9.80. The molecule has 110 valence electrons. The molecule has 1 aromatic rings. The first-order valence-corrected chi connectivity index (χ1v) is 8.84. The molecule has 0 aliphatic carbocycles. The molecule has 0 aromatic heterocycles. The Kier molecular flexibility index (Phi) is 3.84. The zero-order valence-electron chi connectivity index (χ0n) is 11.8. The molecule has 2 heterocycles. The Labute approximate surface area is 121 Å². The van der Waals surface area contributed by atoms with E-state index < -0.39 is 10.0 Å². The van der Waals surface area contributed by atoms with Crippen LogP contribution in [0.1, 0.15) is 32.1 Å². The van der Waals surface area contributed by atoms with Gasteiger partial charge in [-0.25, -0.2) is 13.1 Å². The van der Waals surface area contributed by atoms with Gasteiger partial charge in [0.1, 0.15) is 0 Å². The van der Waals surface area contributed by atoms with Crippen LogP contribution >= 0.6 is 0 Å². The highest BCUT2D eigenvalue weighted by molar-refractivity contribution is 7.89. The molecule has 5 heteroatoms. The third-order valence-corrected chi connectivity index (χ3v) is 6.25. The number of piperidine rings is 2. The average molecular weight is 294 g/mol. The van der Waals surface area contributed by atoms with Crippen LogP contribution in [0.15, 0.2) is 35.2 Å². The maximum absolute atomic E-state index is 12.4. The first kappa shape index (κ1) is 14.0. The molecule has 0 spiro atoms. The molecule has 2 bridgehead atoms. The zero-order chi connectivity index (χ0) is 14.2. The van der Waals surface area contributed by atoms with Crippen molar-refractivity contribution in [2.24, 2.45) is 0 Å². The topological polar surface area (TPSA) is 49.4 Å². The number of sulfonamides is 1. The van der Waals surface area contributed by atoms with Gasteiger partial charge in [-0.2, -0.15) is 0 Å². The van der Waals surface area contributed by atoms with Gasteiger partial charge in [0.25, 0.3) is 0 Å². The van der Waals surface area contributed by atoms with Gasteiger partial charge >= 0.3 is 0 Å². The molecule has 0 radical (unpaired) electrons. The molecule has 4 nitrogen and oxygen atoms in total. The van der Waals surface area contributed by atoms with Gasteiger partial charge in [-0.15, -0.1) is 0 Å². The predicted octanol–water partition coefficient (Wildman–Crippen LogP) is 1.98. The quantitative estimate of drug-likeness (QED) is 0.927. The van der Waals surface area contributed by atoms with Gasteiger partial charge in [-0.05, 0) is 44.9 Å². The standard InChI is InChI=1S/C15H22N2O2S/c1-17-13-6-5-7-14(17)11-12(10-13)16-20(18,19)15-8-3-2-4-9-15/h2-4,8-9,12-14,16H,5-7,10-11H2,1H3. The summed E-state index contributed by atoms with van der Waals surface area (Å²) < 4.78 is 27.7. The van der Waals surface area contributed by atoms with Gasteiger partial charge in [-0.3, -0.25) is 0 Å². The fourth-order valence-corrected chi connectivity index (χ4v) is 4.88. The summed E-state index contributed by atoms with van der Waals surface area (Å²) >= 11 is 0. The van der Waals surface area contributed by atoms with Crippen LogP contribution < -0.4 is 4.72 Å². The van der Waals surface area contributed by atoms with E-state index in [0.29, 0.717) is 17.0 Å². The van der Waals surface area contributed by atoms with Crippen molar-refractivity contribution < 1.29 is 8.42 Å². The summed E-state index contributed by atoms with van der Waals surface area (Å²) in [6.45, 7) is 0. The van der Waals surface area contributed by atoms with Crippen molar-refractivity contribution in [1.29, 1.82) is 0 Å². The molecule has 0 saturated carbocycles. The second-order valence-corrected chi connectivity index (χ2v) is 7.72. The fourth-order valence-electron chi connectivity index (χ4n) is 3.60. The first-order chi connectivity index (χ1) is 9.56. The Morgan fingerprint density at radius 2 is 1.70 bits per heavy atom. The number of hydrogen-bond acceptors (Lipinski definition) is 3. The second-order valence-electron chi connectivity index (χ2n) is 6.01. The molecule has 1 aromatic carbocycles. The molecule has 2 atom stereocenters. The van der Waals surface area contributed by atoms with Crippen LogP contribution in [0.25, 0.3) is 0 Å². The monoisotopic (exact) mass is 294 g/mol. The Hall–Kier alpha value is -0.910. The van der Waals surface area contributed by atoms with Gasteiger partial charge in [0.15, 0.2) is 0 Å². The van der Waals surface area contributed by atoms with Gasteiger partial charge in [0.2, 0.25) is 10.0 Å². The average Bonchev–Trinajstić information content (AvgIpc) is 2.41. The van der Waals surface area contributed by atoms with E-state index >= 15 is 0 Å². The smallest absolute Gasteiger partial charge is 0.240 e. The number of nitrogens with zero attached hydrogens (tertiary/aromatic N) is 1. The summed E-state index contributed by atoms with van der Waals surface area (Å²) in [5.74, 6) is 0. The van der Waals surface area contributed by atoms with Crippen molar-refractivity contribution >= 4 is 10.0 Å². The van der Waals surface area contributed by atoms with E-state index in [4.69, 9.17) is 0 Å². The summed E-state index contributed by atoms with van der Waals surface area (Å²) in [5, 5.41) is 0. The van der Waals surface area contributed by atoms with Crippen molar-refractivity contribution in [1.82, 2.24) is 9.62 Å². The van der Waals surface area contributed by atoms with E-state index in [1.165, 1.54) is 19.3 Å². The third kappa shape index (κ3) is 2.75. The van der Waals surface area contributed by atoms with Crippen molar-refractivity contribution in [3.63, 3.8) is 0 Å². The van der Waals surface area contributed by atoms with Crippen LogP contribution in [-0.2, 0) is 10.0 Å². The number of nitrogens with one attached hydrogen (secondary N) is 1. The molecular weight excluding hydrogens is 272 g/mol. The Balaban J connectivity index is 1.73. The fraction of sp³-hybridized carbons (Fsp3) is 0.600. The lowest BCUT2D eigenvalue weighted by atomic mass is 9.83. The van der Waals surface area contributed by atoms with Crippen LogP contribution in [0.4, 0.5) is 0 Å². The Bertz CT molecular complexity index is 544. The maximum Gasteiger partial charge on any atom is 0.240 e. The van der Waals surface area contributed by atoms with Gasteiger partial charge in [0, 0.05) is 18.1 Å². The van der Waals surface area contributed by atoms with Gasteiger partial charge in [-0.1, -0.05) is 24.6 Å². The van der Waals surface area contributed by atoms with E-state index in [1.807, 2.05) is 6.07 Å². The SMILES string of the molecule is CN1C2CCCC1CC(NS(=O)(=O)c1ccccc1)C2. The van der Waals surface area contributed by atoms with Crippen molar-refractivity contribution in [3.05, 3.63) is 30.3 Å². The highest BCUT2D eigenvalue weighted by Crippen LogP contribution is 2.33. The lowest BCUT2D eigenvalue weighted by Crippen LogP contribution is -2.55. The summed E-state index contributed by atoms with van der Waals surface area (Å²) in [7, 11) is -1.20. The maximum atomic E-state index is 12.4. The zero-order valence-corrected chi connectivity index (χ0v) is 12.6. The molecule has 0 amide bonds. The highest BCUT2D eigenvalue weighted by atomic mass is 32.2. The number of benzene rings is 1. The van der Waals surface area contributed by atoms with Crippen LogP contribution in [-0.4, -0.2) is 38.5 Å². The molecule has 3 rings (SSSR count). The van der Waals surface area contributed by atoms with Crippen molar-refractivity contribution in [3.8, 4) is 0 Å². The number of fused-ring (bicyclic) bond motifs is 2. The Morgan fingerprint density at radius 1 is 1.10 bits per heavy atom. The van der Waals surface area contributed by atoms with Crippen LogP contribution in [0, 0.1) is 0 Å². The van der Waals surface area contributed by atoms with Gasteiger partial charge < -0.3 is 4.90 Å². The van der Waals surface area contributed by atoms with E-state index in [9.17, 15) is 8.42 Å². The first-order valence-electron chi connectivity index (χ1n) is 7.35. The van der Waals surface area contributed by atoms with Crippen LogP contribution in [0.2, 0.25) is 0 Å². The summed E-state index contributed by atoms with van der Waals surface area (Å²) in [4.78, 5) is 2.81. The highest BCUT2D eigenvalue weighted by Gasteiger charge is 2.37. The van der Waals surface area contributed by atoms with Crippen molar-refractivity contribution in [2.75, 3.05) is 7.05 Å². The molecule has 2 fully saturated rings. The summed E-state index contributed by atoms with van der Waals surface area (Å²) in [6.07, 6.45) is 5.52. The molecule has 2 saturated heterocycles. The minimum Gasteiger partial charge on any atom is -0.300 e. The molecule has 20 heavy (non-hydrogen) atoms. The second kappa shape index (κ2) is 5.47. The van der Waals surface area contributed by atoms with E-state index in [1.54, 1.807) is 24.3 Å². The molecule has 2 unspecified atom stereocenters. The predicted molar refractivity (Wildman–Crippen MR) is 79.0 cm³/mol. The molecule has 1 N–H and O–H groups in total. The van der Waals surface area contributed by atoms with E-state index in [2.05, 4.69) is 16.7 Å². The van der Waals surface area contributed by atoms with Crippen LogP contribution in [0.3, 0.4) is 0 Å². The lowest BCUT2D eigenvalue weighted by molar-refractivity contribution is 0.0536. The number of rotatable bonds is 3. The van der Waals surface area contributed by atoms with Gasteiger partial charge in [0.05, 0.1) is 4.90 Å². The van der Waals surface area contributed by atoms with Crippen molar-refractivity contribution in [2.45, 2.75) is 55.1 Å². The molecule has 2 aliphatic rings. The molecule has 2 aliphatic heterocycles. The molecular formula is C15H22N2O2S.